The highest BCUT2D eigenvalue weighted by Gasteiger charge is 2.32. The Labute approximate surface area is 101 Å². The molecule has 4 heteroatoms. The maximum absolute atomic E-state index is 13.3. The number of hydrogen-bond acceptors (Lipinski definition) is 3. The van der Waals surface area contributed by atoms with Crippen LogP contribution in [0.2, 0.25) is 0 Å². The van der Waals surface area contributed by atoms with Crippen molar-refractivity contribution in [3.63, 3.8) is 0 Å². The van der Waals surface area contributed by atoms with E-state index < -0.39 is 5.82 Å². The van der Waals surface area contributed by atoms with Crippen molar-refractivity contribution >= 4 is 0 Å². The second-order valence-electron chi connectivity index (χ2n) is 4.38. The molecule has 1 heterocycles. The molecular weight excluding hydrogens is 217 g/mol. The zero-order valence-corrected chi connectivity index (χ0v) is 9.86. The Morgan fingerprint density at radius 2 is 2.35 bits per heavy atom. The average Bonchev–Trinajstić information content (AvgIpc) is 2.71. The lowest BCUT2D eigenvalue weighted by Crippen LogP contribution is -2.31. The third-order valence-corrected chi connectivity index (χ3v) is 3.41. The number of nitrogens with zero attached hydrogens (tertiary/aromatic N) is 2. The molecule has 0 amide bonds. The lowest BCUT2D eigenvalue weighted by Gasteiger charge is -2.26. The first kappa shape index (κ1) is 12.0. The molecule has 17 heavy (non-hydrogen) atoms. The smallest absolute Gasteiger partial charge is 0.140 e. The molecule has 1 aliphatic rings. The molecule has 2 unspecified atom stereocenters. The summed E-state index contributed by atoms with van der Waals surface area (Å²) >= 11 is 0. The highest BCUT2D eigenvalue weighted by molar-refractivity contribution is 5.36. The van der Waals surface area contributed by atoms with Crippen molar-refractivity contribution in [3.05, 3.63) is 35.1 Å². The summed E-state index contributed by atoms with van der Waals surface area (Å²) in [4.78, 5) is 2.26. The molecule has 2 atom stereocenters. The van der Waals surface area contributed by atoms with Gasteiger partial charge in [0, 0.05) is 18.6 Å². The minimum Gasteiger partial charge on any atom is -0.326 e. The predicted octanol–water partition coefficient (Wildman–Crippen LogP) is 1.79. The Kier molecular flexibility index (Phi) is 3.41. The molecule has 0 saturated carbocycles. The zero-order chi connectivity index (χ0) is 12.4. The topological polar surface area (TPSA) is 53.0 Å². The van der Waals surface area contributed by atoms with Crippen LogP contribution >= 0.6 is 0 Å². The Bertz CT molecular complexity index is 452. The maximum atomic E-state index is 13.3. The van der Waals surface area contributed by atoms with Gasteiger partial charge >= 0.3 is 0 Å². The molecule has 0 aromatic heterocycles. The summed E-state index contributed by atoms with van der Waals surface area (Å²) < 4.78 is 13.3. The Morgan fingerprint density at radius 3 is 3.00 bits per heavy atom. The van der Waals surface area contributed by atoms with E-state index in [2.05, 4.69) is 11.8 Å². The molecule has 0 bridgehead atoms. The number of nitrogens with two attached hydrogens (primary N) is 1. The van der Waals surface area contributed by atoms with Crippen LogP contribution in [0.25, 0.3) is 0 Å². The van der Waals surface area contributed by atoms with Gasteiger partial charge < -0.3 is 5.73 Å². The van der Waals surface area contributed by atoms with E-state index in [0.717, 1.165) is 25.1 Å². The van der Waals surface area contributed by atoms with Crippen molar-refractivity contribution < 1.29 is 4.39 Å². The number of benzene rings is 1. The molecule has 1 aromatic rings. The quantitative estimate of drug-likeness (QED) is 0.847. The first-order valence-corrected chi connectivity index (χ1v) is 5.86. The Balaban J connectivity index is 2.36. The summed E-state index contributed by atoms with van der Waals surface area (Å²) in [6.45, 7) is 3.96. The van der Waals surface area contributed by atoms with Gasteiger partial charge in [0.1, 0.15) is 11.9 Å². The molecule has 2 rings (SSSR count). The predicted molar refractivity (Wildman–Crippen MR) is 63.7 cm³/mol. The van der Waals surface area contributed by atoms with Gasteiger partial charge in [-0.1, -0.05) is 13.0 Å². The van der Waals surface area contributed by atoms with E-state index in [-0.39, 0.29) is 17.6 Å². The van der Waals surface area contributed by atoms with Gasteiger partial charge in [-0.05, 0) is 30.7 Å². The molecule has 0 radical (unpaired) electrons. The van der Waals surface area contributed by atoms with Gasteiger partial charge in [-0.3, -0.25) is 4.90 Å². The van der Waals surface area contributed by atoms with Crippen LogP contribution in [-0.4, -0.2) is 24.0 Å². The molecule has 1 saturated heterocycles. The minimum absolute atomic E-state index is 0.0620. The average molecular weight is 233 g/mol. The fourth-order valence-corrected chi connectivity index (χ4v) is 2.51. The SMILES string of the molecule is CCN1CCC(N)C1c1ccc(F)c(C#N)c1. The molecule has 0 aliphatic carbocycles. The summed E-state index contributed by atoms with van der Waals surface area (Å²) in [5, 5.41) is 8.84. The van der Waals surface area contributed by atoms with Crippen LogP contribution in [0.15, 0.2) is 18.2 Å². The van der Waals surface area contributed by atoms with E-state index in [9.17, 15) is 4.39 Å². The van der Waals surface area contributed by atoms with Gasteiger partial charge in [0.15, 0.2) is 0 Å². The molecule has 90 valence electrons. The first-order chi connectivity index (χ1) is 8.17. The van der Waals surface area contributed by atoms with Crippen molar-refractivity contribution in [2.75, 3.05) is 13.1 Å². The molecule has 0 spiro atoms. The number of halogens is 1. The number of hydrogen-bond donors (Lipinski definition) is 1. The van der Waals surface area contributed by atoms with Crippen LogP contribution in [0.4, 0.5) is 4.39 Å². The van der Waals surface area contributed by atoms with E-state index in [1.54, 1.807) is 12.1 Å². The van der Waals surface area contributed by atoms with Crippen LogP contribution in [-0.2, 0) is 0 Å². The second kappa shape index (κ2) is 4.82. The van der Waals surface area contributed by atoms with Crippen molar-refractivity contribution in [2.45, 2.75) is 25.4 Å². The number of nitriles is 1. The van der Waals surface area contributed by atoms with Gasteiger partial charge in [0.05, 0.1) is 5.56 Å². The van der Waals surface area contributed by atoms with Gasteiger partial charge in [-0.25, -0.2) is 4.39 Å². The summed E-state index contributed by atoms with van der Waals surface area (Å²) in [7, 11) is 0. The van der Waals surface area contributed by atoms with E-state index in [0.29, 0.717) is 0 Å². The van der Waals surface area contributed by atoms with Gasteiger partial charge in [0.25, 0.3) is 0 Å². The van der Waals surface area contributed by atoms with Gasteiger partial charge in [-0.15, -0.1) is 0 Å². The summed E-state index contributed by atoms with van der Waals surface area (Å²) in [6.07, 6.45) is 0.942. The van der Waals surface area contributed by atoms with Crippen molar-refractivity contribution in [3.8, 4) is 6.07 Å². The highest BCUT2D eigenvalue weighted by Crippen LogP contribution is 2.31. The minimum atomic E-state index is -0.467. The maximum Gasteiger partial charge on any atom is 0.140 e. The van der Waals surface area contributed by atoms with E-state index in [1.807, 2.05) is 6.07 Å². The normalized spacial score (nSPS) is 24.8. The van der Waals surface area contributed by atoms with Crippen LogP contribution in [0, 0.1) is 17.1 Å². The summed E-state index contributed by atoms with van der Waals surface area (Å²) in [6, 6.07) is 6.74. The molecule has 1 aromatic carbocycles. The van der Waals surface area contributed by atoms with E-state index in [1.165, 1.54) is 6.07 Å². The Morgan fingerprint density at radius 1 is 1.59 bits per heavy atom. The highest BCUT2D eigenvalue weighted by atomic mass is 19.1. The number of likely N-dealkylation sites (N-methyl/N-ethyl adjacent to an activating group) is 1. The fraction of sp³-hybridized carbons (Fsp3) is 0.462. The summed E-state index contributed by atoms with van der Waals surface area (Å²) in [5.41, 5.74) is 7.12. The number of rotatable bonds is 2. The van der Waals surface area contributed by atoms with Gasteiger partial charge in [0.2, 0.25) is 0 Å². The van der Waals surface area contributed by atoms with Crippen LogP contribution < -0.4 is 5.73 Å². The van der Waals surface area contributed by atoms with Crippen LogP contribution in [0.3, 0.4) is 0 Å². The lowest BCUT2D eigenvalue weighted by molar-refractivity contribution is 0.261. The monoisotopic (exact) mass is 233 g/mol. The number of likely N-dealkylation sites (tertiary alicyclic amines) is 1. The van der Waals surface area contributed by atoms with Crippen molar-refractivity contribution in [1.82, 2.24) is 4.90 Å². The van der Waals surface area contributed by atoms with Crippen molar-refractivity contribution in [1.29, 1.82) is 5.26 Å². The molecule has 2 N–H and O–H groups in total. The zero-order valence-electron chi connectivity index (χ0n) is 9.86. The Hall–Kier alpha value is -1.44. The van der Waals surface area contributed by atoms with E-state index in [4.69, 9.17) is 11.0 Å². The van der Waals surface area contributed by atoms with Gasteiger partial charge in [-0.2, -0.15) is 5.26 Å². The van der Waals surface area contributed by atoms with Crippen LogP contribution in [0.1, 0.15) is 30.5 Å². The second-order valence-corrected chi connectivity index (χ2v) is 4.38. The molecular formula is C13H16FN3. The first-order valence-electron chi connectivity index (χ1n) is 5.86. The fourth-order valence-electron chi connectivity index (χ4n) is 2.51. The molecule has 1 fully saturated rings. The summed E-state index contributed by atoms with van der Waals surface area (Å²) in [5.74, 6) is -0.467. The van der Waals surface area contributed by atoms with E-state index >= 15 is 0 Å². The standard InChI is InChI=1S/C13H16FN3/c1-2-17-6-5-12(16)13(17)9-3-4-11(14)10(7-9)8-15/h3-4,7,12-13H,2,5-6,16H2,1H3. The lowest BCUT2D eigenvalue weighted by atomic mass is 9.99. The third kappa shape index (κ3) is 2.17. The molecule has 1 aliphatic heterocycles. The largest absolute Gasteiger partial charge is 0.326 e. The third-order valence-electron chi connectivity index (χ3n) is 3.41. The van der Waals surface area contributed by atoms with Crippen molar-refractivity contribution in [2.24, 2.45) is 5.73 Å². The molecule has 3 nitrogen and oxygen atoms in total. The van der Waals surface area contributed by atoms with Crippen LogP contribution in [0.5, 0.6) is 0 Å².